The van der Waals surface area contributed by atoms with E-state index in [1.54, 1.807) is 4.68 Å². The van der Waals surface area contributed by atoms with Crippen LogP contribution in [-0.2, 0) is 17.8 Å². The summed E-state index contributed by atoms with van der Waals surface area (Å²) in [6.07, 6.45) is 1.98. The number of para-hydroxylation sites is 1. The average molecular weight is 292 g/mol. The van der Waals surface area contributed by atoms with Crippen LogP contribution in [0.4, 0.5) is 0 Å². The van der Waals surface area contributed by atoms with E-state index in [0.29, 0.717) is 0 Å². The molecule has 1 aliphatic carbocycles. The van der Waals surface area contributed by atoms with E-state index in [4.69, 9.17) is 0 Å². The minimum atomic E-state index is -0.0302. The summed E-state index contributed by atoms with van der Waals surface area (Å²) in [6.45, 7) is 0.194. The van der Waals surface area contributed by atoms with Crippen LogP contribution < -0.4 is 5.32 Å². The number of nitrogens with one attached hydrogen (secondary N) is 1. The van der Waals surface area contributed by atoms with Gasteiger partial charge < -0.3 is 5.32 Å². The molecule has 22 heavy (non-hydrogen) atoms. The van der Waals surface area contributed by atoms with E-state index in [2.05, 4.69) is 27.8 Å². The molecule has 0 radical (unpaired) electrons. The first-order chi connectivity index (χ1) is 10.8. The summed E-state index contributed by atoms with van der Waals surface area (Å²) in [4.78, 5) is 12.3. The molecule has 1 atom stereocenters. The van der Waals surface area contributed by atoms with Gasteiger partial charge in [0.1, 0.15) is 12.1 Å². The topological polar surface area (TPSA) is 59.8 Å². The maximum Gasteiger partial charge on any atom is 0.242 e. The van der Waals surface area contributed by atoms with E-state index in [1.165, 1.54) is 11.1 Å². The molecule has 0 saturated carbocycles. The largest absolute Gasteiger partial charge is 0.348 e. The Bertz CT molecular complexity index is 839. The third-order valence-corrected chi connectivity index (χ3v) is 4.18. The molecule has 0 fully saturated rings. The number of amides is 1. The molecule has 1 N–H and O–H groups in total. The van der Waals surface area contributed by atoms with Crippen molar-refractivity contribution in [1.82, 2.24) is 20.3 Å². The standard InChI is InChI=1S/C17H16N4O/c22-17(11-21-16-8-4-3-7-15(16)19-20-21)18-14-10-9-12-5-1-2-6-13(12)14/h1-8,14H,9-11H2,(H,18,22). The molecule has 5 heteroatoms. The summed E-state index contributed by atoms with van der Waals surface area (Å²) < 4.78 is 1.64. The zero-order valence-corrected chi connectivity index (χ0v) is 12.1. The number of nitrogens with zero attached hydrogens (tertiary/aromatic N) is 3. The van der Waals surface area contributed by atoms with Crippen molar-refractivity contribution in [1.29, 1.82) is 0 Å². The Balaban J connectivity index is 1.50. The molecule has 4 rings (SSSR count). The summed E-state index contributed by atoms with van der Waals surface area (Å²) in [5, 5.41) is 11.2. The predicted molar refractivity (Wildman–Crippen MR) is 83.2 cm³/mol. The van der Waals surface area contributed by atoms with Crippen LogP contribution in [-0.4, -0.2) is 20.9 Å². The predicted octanol–water partition coefficient (Wildman–Crippen LogP) is 2.24. The van der Waals surface area contributed by atoms with Crippen LogP contribution in [0.25, 0.3) is 11.0 Å². The minimum Gasteiger partial charge on any atom is -0.348 e. The molecular formula is C17H16N4O. The van der Waals surface area contributed by atoms with Crippen molar-refractivity contribution in [2.45, 2.75) is 25.4 Å². The fraction of sp³-hybridized carbons (Fsp3) is 0.235. The van der Waals surface area contributed by atoms with Gasteiger partial charge in [-0.05, 0) is 36.1 Å². The lowest BCUT2D eigenvalue weighted by Crippen LogP contribution is -2.30. The van der Waals surface area contributed by atoms with Crippen molar-refractivity contribution in [3.8, 4) is 0 Å². The third kappa shape index (κ3) is 2.24. The number of aromatic nitrogens is 3. The first-order valence-corrected chi connectivity index (χ1v) is 7.46. The molecule has 1 aliphatic rings. The van der Waals surface area contributed by atoms with Crippen molar-refractivity contribution in [2.24, 2.45) is 0 Å². The molecule has 110 valence electrons. The Labute approximate surface area is 127 Å². The van der Waals surface area contributed by atoms with Gasteiger partial charge in [-0.15, -0.1) is 5.10 Å². The van der Waals surface area contributed by atoms with Crippen molar-refractivity contribution in [3.05, 3.63) is 59.7 Å². The Morgan fingerprint density at radius 3 is 2.95 bits per heavy atom. The van der Waals surface area contributed by atoms with E-state index >= 15 is 0 Å². The van der Waals surface area contributed by atoms with Crippen LogP contribution in [0.15, 0.2) is 48.5 Å². The van der Waals surface area contributed by atoms with Crippen LogP contribution in [0.1, 0.15) is 23.6 Å². The van der Waals surface area contributed by atoms with Crippen LogP contribution >= 0.6 is 0 Å². The van der Waals surface area contributed by atoms with Gasteiger partial charge in [-0.25, -0.2) is 4.68 Å². The lowest BCUT2D eigenvalue weighted by Gasteiger charge is -2.14. The highest BCUT2D eigenvalue weighted by Gasteiger charge is 2.23. The summed E-state index contributed by atoms with van der Waals surface area (Å²) in [6, 6.07) is 16.1. The SMILES string of the molecule is O=C(Cn1nnc2ccccc21)NC1CCc2ccccc21. The fourth-order valence-electron chi connectivity index (χ4n) is 3.12. The molecule has 0 aliphatic heterocycles. The lowest BCUT2D eigenvalue weighted by molar-refractivity contribution is -0.122. The molecule has 5 nitrogen and oxygen atoms in total. The highest BCUT2D eigenvalue weighted by atomic mass is 16.2. The van der Waals surface area contributed by atoms with Gasteiger partial charge in [0, 0.05) is 0 Å². The summed E-state index contributed by atoms with van der Waals surface area (Å²) >= 11 is 0. The van der Waals surface area contributed by atoms with E-state index < -0.39 is 0 Å². The van der Waals surface area contributed by atoms with E-state index in [-0.39, 0.29) is 18.5 Å². The number of carbonyl (C=O) groups excluding carboxylic acids is 1. The maximum atomic E-state index is 12.3. The molecule has 1 aromatic heterocycles. The number of benzene rings is 2. The van der Waals surface area contributed by atoms with Crippen molar-refractivity contribution >= 4 is 16.9 Å². The average Bonchev–Trinajstić information content (AvgIpc) is 3.13. The normalized spacial score (nSPS) is 16.6. The molecule has 1 unspecified atom stereocenters. The molecule has 3 aromatic rings. The summed E-state index contributed by atoms with van der Waals surface area (Å²) in [5.74, 6) is -0.0302. The van der Waals surface area contributed by atoms with Crippen LogP contribution in [0.5, 0.6) is 0 Å². The van der Waals surface area contributed by atoms with E-state index in [0.717, 1.165) is 23.9 Å². The second-order valence-corrected chi connectivity index (χ2v) is 5.59. The third-order valence-electron chi connectivity index (χ3n) is 4.18. The van der Waals surface area contributed by atoms with Gasteiger partial charge in [0.25, 0.3) is 0 Å². The molecular weight excluding hydrogens is 276 g/mol. The Kier molecular flexibility index (Phi) is 3.11. The van der Waals surface area contributed by atoms with Gasteiger partial charge in [-0.3, -0.25) is 4.79 Å². The number of hydrogen-bond donors (Lipinski definition) is 1. The lowest BCUT2D eigenvalue weighted by atomic mass is 10.1. The number of fused-ring (bicyclic) bond motifs is 2. The van der Waals surface area contributed by atoms with Crippen molar-refractivity contribution in [3.63, 3.8) is 0 Å². The van der Waals surface area contributed by atoms with Crippen LogP contribution in [0.2, 0.25) is 0 Å². The van der Waals surface area contributed by atoms with Gasteiger partial charge in [0.2, 0.25) is 5.91 Å². The molecule has 2 aromatic carbocycles. The Hall–Kier alpha value is -2.69. The second-order valence-electron chi connectivity index (χ2n) is 5.59. The van der Waals surface area contributed by atoms with Crippen molar-refractivity contribution in [2.75, 3.05) is 0 Å². The van der Waals surface area contributed by atoms with Gasteiger partial charge in [0.15, 0.2) is 0 Å². The molecule has 1 amide bonds. The quantitative estimate of drug-likeness (QED) is 0.805. The zero-order chi connectivity index (χ0) is 14.9. The monoisotopic (exact) mass is 292 g/mol. The minimum absolute atomic E-state index is 0.0302. The van der Waals surface area contributed by atoms with Crippen LogP contribution in [0, 0.1) is 0 Å². The summed E-state index contributed by atoms with van der Waals surface area (Å²) in [5.41, 5.74) is 4.25. The van der Waals surface area contributed by atoms with Gasteiger partial charge in [-0.1, -0.05) is 41.6 Å². The fourth-order valence-corrected chi connectivity index (χ4v) is 3.12. The zero-order valence-electron chi connectivity index (χ0n) is 12.1. The Morgan fingerprint density at radius 2 is 2.00 bits per heavy atom. The first kappa shape index (κ1) is 13.0. The van der Waals surface area contributed by atoms with Crippen molar-refractivity contribution < 1.29 is 4.79 Å². The highest BCUT2D eigenvalue weighted by molar-refractivity contribution is 5.80. The summed E-state index contributed by atoms with van der Waals surface area (Å²) in [7, 11) is 0. The van der Waals surface area contributed by atoms with Gasteiger partial charge in [-0.2, -0.15) is 0 Å². The number of hydrogen-bond acceptors (Lipinski definition) is 3. The highest BCUT2D eigenvalue weighted by Crippen LogP contribution is 2.30. The molecule has 0 spiro atoms. The Morgan fingerprint density at radius 1 is 1.18 bits per heavy atom. The number of rotatable bonds is 3. The number of aryl methyl sites for hydroxylation is 1. The van der Waals surface area contributed by atoms with Gasteiger partial charge >= 0.3 is 0 Å². The first-order valence-electron chi connectivity index (χ1n) is 7.46. The second kappa shape index (κ2) is 5.26. The van der Waals surface area contributed by atoms with Crippen LogP contribution in [0.3, 0.4) is 0 Å². The molecule has 0 bridgehead atoms. The molecule has 1 heterocycles. The smallest absolute Gasteiger partial charge is 0.242 e. The van der Waals surface area contributed by atoms with E-state index in [9.17, 15) is 4.79 Å². The maximum absolute atomic E-state index is 12.3. The molecule has 0 saturated heterocycles. The van der Waals surface area contributed by atoms with Gasteiger partial charge in [0.05, 0.1) is 11.6 Å². The number of carbonyl (C=O) groups is 1. The van der Waals surface area contributed by atoms with E-state index in [1.807, 2.05) is 36.4 Å².